The third kappa shape index (κ3) is 5.24. The summed E-state index contributed by atoms with van der Waals surface area (Å²) in [5.41, 5.74) is 0. The van der Waals surface area contributed by atoms with Crippen LogP contribution in [0.5, 0.6) is 0 Å². The Morgan fingerprint density at radius 2 is 1.87 bits per heavy atom. The standard InChI is InChI=1S/C10H19NO4/c1-5-11(8(4)6-9(12)13)10(14)15-7(2)3/h7-8H,5-6H2,1-4H3,(H,12,13). The van der Waals surface area contributed by atoms with Crippen LogP contribution in [0.4, 0.5) is 4.79 Å². The molecule has 15 heavy (non-hydrogen) atoms. The summed E-state index contributed by atoms with van der Waals surface area (Å²) < 4.78 is 5.00. The summed E-state index contributed by atoms with van der Waals surface area (Å²) in [4.78, 5) is 23.4. The largest absolute Gasteiger partial charge is 0.481 e. The lowest BCUT2D eigenvalue weighted by molar-refractivity contribution is -0.138. The first kappa shape index (κ1) is 13.7. The summed E-state index contributed by atoms with van der Waals surface area (Å²) in [6.07, 6.45) is -0.717. The summed E-state index contributed by atoms with van der Waals surface area (Å²) in [7, 11) is 0. The van der Waals surface area contributed by atoms with Gasteiger partial charge in [-0.25, -0.2) is 4.79 Å². The van der Waals surface area contributed by atoms with E-state index in [0.29, 0.717) is 6.54 Å². The second-order valence-electron chi connectivity index (χ2n) is 3.67. The van der Waals surface area contributed by atoms with Gasteiger partial charge >= 0.3 is 12.1 Å². The Labute approximate surface area is 90.0 Å². The van der Waals surface area contributed by atoms with Crippen molar-refractivity contribution in [2.24, 2.45) is 0 Å². The van der Waals surface area contributed by atoms with Gasteiger partial charge in [0.15, 0.2) is 0 Å². The maximum Gasteiger partial charge on any atom is 0.410 e. The molecule has 0 aliphatic rings. The Balaban J connectivity index is 4.33. The molecule has 0 saturated heterocycles. The normalized spacial score (nSPS) is 12.3. The highest BCUT2D eigenvalue weighted by Crippen LogP contribution is 2.07. The van der Waals surface area contributed by atoms with E-state index >= 15 is 0 Å². The number of aliphatic carboxylic acids is 1. The first-order valence-electron chi connectivity index (χ1n) is 5.07. The molecule has 0 rings (SSSR count). The Morgan fingerprint density at radius 3 is 2.20 bits per heavy atom. The van der Waals surface area contributed by atoms with Crippen LogP contribution < -0.4 is 0 Å². The van der Waals surface area contributed by atoms with Gasteiger partial charge in [0.25, 0.3) is 0 Å². The fraction of sp³-hybridized carbons (Fsp3) is 0.800. The first-order chi connectivity index (χ1) is 6.88. The molecular formula is C10H19NO4. The quantitative estimate of drug-likeness (QED) is 0.761. The number of hydrogen-bond donors (Lipinski definition) is 1. The topological polar surface area (TPSA) is 66.8 Å². The summed E-state index contributed by atoms with van der Waals surface area (Å²) in [6, 6.07) is -0.348. The van der Waals surface area contributed by atoms with Crippen molar-refractivity contribution in [3.05, 3.63) is 0 Å². The minimum atomic E-state index is -0.918. The van der Waals surface area contributed by atoms with Gasteiger partial charge in [-0.2, -0.15) is 0 Å². The molecule has 5 heteroatoms. The van der Waals surface area contributed by atoms with Crippen molar-refractivity contribution in [1.82, 2.24) is 4.90 Å². The van der Waals surface area contributed by atoms with E-state index in [-0.39, 0.29) is 18.6 Å². The summed E-state index contributed by atoms with van der Waals surface area (Å²) in [5, 5.41) is 8.61. The van der Waals surface area contributed by atoms with Crippen molar-refractivity contribution in [2.45, 2.75) is 46.3 Å². The van der Waals surface area contributed by atoms with Crippen LogP contribution in [0.1, 0.15) is 34.1 Å². The highest BCUT2D eigenvalue weighted by molar-refractivity contribution is 5.71. The van der Waals surface area contributed by atoms with Crippen molar-refractivity contribution in [3.8, 4) is 0 Å². The van der Waals surface area contributed by atoms with E-state index in [9.17, 15) is 9.59 Å². The van der Waals surface area contributed by atoms with E-state index in [4.69, 9.17) is 9.84 Å². The molecular weight excluding hydrogens is 198 g/mol. The number of carboxylic acid groups (broad SMARTS) is 1. The van der Waals surface area contributed by atoms with Crippen LogP contribution >= 0.6 is 0 Å². The molecule has 1 N–H and O–H groups in total. The van der Waals surface area contributed by atoms with Gasteiger partial charge in [-0.15, -0.1) is 0 Å². The van der Waals surface area contributed by atoms with Crippen LogP contribution in [0.15, 0.2) is 0 Å². The van der Waals surface area contributed by atoms with Crippen molar-refractivity contribution >= 4 is 12.1 Å². The number of hydrogen-bond acceptors (Lipinski definition) is 3. The van der Waals surface area contributed by atoms with E-state index < -0.39 is 12.1 Å². The van der Waals surface area contributed by atoms with E-state index in [1.807, 2.05) is 0 Å². The Hall–Kier alpha value is -1.26. The molecule has 0 aliphatic carbocycles. The lowest BCUT2D eigenvalue weighted by atomic mass is 10.2. The van der Waals surface area contributed by atoms with Gasteiger partial charge in [0, 0.05) is 12.6 Å². The van der Waals surface area contributed by atoms with E-state index in [0.717, 1.165) is 0 Å². The third-order valence-electron chi connectivity index (χ3n) is 1.91. The Bertz CT molecular complexity index is 227. The lowest BCUT2D eigenvalue weighted by Crippen LogP contribution is -2.40. The number of carbonyl (C=O) groups excluding carboxylic acids is 1. The summed E-state index contributed by atoms with van der Waals surface area (Å²) in [6.45, 7) is 7.44. The van der Waals surface area contributed by atoms with Gasteiger partial charge in [-0.1, -0.05) is 0 Å². The monoisotopic (exact) mass is 217 g/mol. The number of carbonyl (C=O) groups is 2. The van der Waals surface area contributed by atoms with Gasteiger partial charge in [-0.05, 0) is 27.7 Å². The highest BCUT2D eigenvalue weighted by atomic mass is 16.6. The van der Waals surface area contributed by atoms with Gasteiger partial charge in [0.05, 0.1) is 12.5 Å². The van der Waals surface area contributed by atoms with Gasteiger partial charge in [0.2, 0.25) is 0 Å². The lowest BCUT2D eigenvalue weighted by Gasteiger charge is -2.27. The second-order valence-corrected chi connectivity index (χ2v) is 3.67. The zero-order chi connectivity index (χ0) is 12.0. The summed E-state index contributed by atoms with van der Waals surface area (Å²) >= 11 is 0. The number of nitrogens with zero attached hydrogens (tertiary/aromatic N) is 1. The minimum absolute atomic E-state index is 0.0684. The number of ether oxygens (including phenoxy) is 1. The molecule has 0 aromatic rings. The van der Waals surface area contributed by atoms with E-state index in [1.54, 1.807) is 27.7 Å². The maximum absolute atomic E-state index is 11.5. The molecule has 88 valence electrons. The van der Waals surface area contributed by atoms with Crippen molar-refractivity contribution in [2.75, 3.05) is 6.54 Å². The molecule has 1 unspecified atom stereocenters. The molecule has 0 fully saturated rings. The molecule has 0 saturated carbocycles. The van der Waals surface area contributed by atoms with Gasteiger partial charge in [-0.3, -0.25) is 4.79 Å². The molecule has 0 aliphatic heterocycles. The van der Waals surface area contributed by atoms with Crippen LogP contribution in [0.3, 0.4) is 0 Å². The molecule has 0 radical (unpaired) electrons. The van der Waals surface area contributed by atoms with Crippen LogP contribution in [-0.4, -0.2) is 40.8 Å². The van der Waals surface area contributed by atoms with Crippen LogP contribution in [0.25, 0.3) is 0 Å². The number of amides is 1. The average molecular weight is 217 g/mol. The molecule has 0 aromatic carbocycles. The predicted octanol–water partition coefficient (Wildman–Crippen LogP) is 1.72. The van der Waals surface area contributed by atoms with Gasteiger partial charge < -0.3 is 14.7 Å². The molecule has 5 nitrogen and oxygen atoms in total. The minimum Gasteiger partial charge on any atom is -0.481 e. The van der Waals surface area contributed by atoms with Crippen molar-refractivity contribution in [3.63, 3.8) is 0 Å². The molecule has 0 aromatic heterocycles. The van der Waals surface area contributed by atoms with E-state index in [2.05, 4.69) is 0 Å². The van der Waals surface area contributed by atoms with Gasteiger partial charge in [0.1, 0.15) is 0 Å². The predicted molar refractivity (Wildman–Crippen MR) is 55.7 cm³/mol. The van der Waals surface area contributed by atoms with Crippen LogP contribution in [0.2, 0.25) is 0 Å². The van der Waals surface area contributed by atoms with E-state index in [1.165, 1.54) is 4.90 Å². The number of rotatable bonds is 5. The number of carboxylic acids is 1. The Morgan fingerprint density at radius 1 is 1.33 bits per heavy atom. The molecule has 0 heterocycles. The molecule has 0 bridgehead atoms. The SMILES string of the molecule is CCN(C(=O)OC(C)C)C(C)CC(=O)O. The van der Waals surface area contributed by atoms with Crippen LogP contribution in [-0.2, 0) is 9.53 Å². The molecule has 1 amide bonds. The maximum atomic E-state index is 11.5. The van der Waals surface area contributed by atoms with Crippen molar-refractivity contribution in [1.29, 1.82) is 0 Å². The first-order valence-corrected chi connectivity index (χ1v) is 5.07. The third-order valence-corrected chi connectivity index (χ3v) is 1.91. The molecule has 0 spiro atoms. The van der Waals surface area contributed by atoms with Crippen LogP contribution in [0, 0.1) is 0 Å². The zero-order valence-corrected chi connectivity index (χ0v) is 9.69. The smallest absolute Gasteiger partial charge is 0.410 e. The van der Waals surface area contributed by atoms with Crippen molar-refractivity contribution < 1.29 is 19.4 Å². The average Bonchev–Trinajstić information content (AvgIpc) is 2.01. The highest BCUT2D eigenvalue weighted by Gasteiger charge is 2.22. The fourth-order valence-corrected chi connectivity index (χ4v) is 1.25. The molecule has 1 atom stereocenters. The fourth-order valence-electron chi connectivity index (χ4n) is 1.25. The summed E-state index contributed by atoms with van der Waals surface area (Å²) in [5.74, 6) is -0.918. The Kier molecular flexibility index (Phi) is 5.74. The second kappa shape index (κ2) is 6.27. The zero-order valence-electron chi connectivity index (χ0n) is 9.69.